The number of nitrogens with one attached hydrogen (secondary N) is 2. The number of piperidine rings is 1. The second-order valence-electron chi connectivity index (χ2n) is 5.54. The number of carbonyl (C=O) groups is 2. The number of likely N-dealkylation sites (tertiary alicyclic amines) is 1. The Labute approximate surface area is 119 Å². The number of hydrogen-bond donors (Lipinski definition) is 2. The van der Waals surface area contributed by atoms with Crippen molar-refractivity contribution < 1.29 is 18.0 Å². The van der Waals surface area contributed by atoms with E-state index >= 15 is 0 Å². The van der Waals surface area contributed by atoms with Gasteiger partial charge in [-0.25, -0.2) is 13.2 Å². The molecule has 0 spiro atoms. The third-order valence-electron chi connectivity index (χ3n) is 3.68. The summed E-state index contributed by atoms with van der Waals surface area (Å²) in [6, 6.07) is -0.532. The monoisotopic (exact) mass is 303 g/mol. The minimum Gasteiger partial charge on any atom is -0.352 e. The Kier molecular flexibility index (Phi) is 4.52. The van der Waals surface area contributed by atoms with Gasteiger partial charge in [-0.3, -0.25) is 4.79 Å². The van der Waals surface area contributed by atoms with Gasteiger partial charge >= 0.3 is 6.03 Å². The summed E-state index contributed by atoms with van der Waals surface area (Å²) in [5.41, 5.74) is 0. The van der Waals surface area contributed by atoms with E-state index in [4.69, 9.17) is 0 Å². The van der Waals surface area contributed by atoms with E-state index in [1.165, 1.54) is 6.92 Å². The molecule has 2 atom stereocenters. The molecule has 2 N–H and O–H groups in total. The molecule has 7 nitrogen and oxygen atoms in total. The summed E-state index contributed by atoms with van der Waals surface area (Å²) in [5, 5.41) is 5.59. The molecule has 114 valence electrons. The number of rotatable bonds is 2. The highest BCUT2D eigenvalue weighted by Gasteiger charge is 2.31. The van der Waals surface area contributed by atoms with Crippen LogP contribution in [0.4, 0.5) is 4.79 Å². The third-order valence-corrected chi connectivity index (χ3v) is 5.44. The highest BCUT2D eigenvalue weighted by atomic mass is 32.2. The summed E-state index contributed by atoms with van der Waals surface area (Å²) in [6.07, 6.45) is 2.18. The van der Waals surface area contributed by atoms with E-state index in [2.05, 4.69) is 10.6 Å². The molecule has 0 aromatic carbocycles. The van der Waals surface area contributed by atoms with Crippen molar-refractivity contribution in [1.29, 1.82) is 0 Å². The third kappa shape index (κ3) is 4.09. The molecule has 8 heteroatoms. The molecule has 2 fully saturated rings. The van der Waals surface area contributed by atoms with Gasteiger partial charge in [0, 0.05) is 32.1 Å². The Morgan fingerprint density at radius 1 is 1.15 bits per heavy atom. The standard InChI is InChI=1S/C12H21N3O4S/c1-9(16)13-10-3-2-5-15(7-10)12(17)14-11-4-6-20(18,19)8-11/h10-11H,2-8H2,1H3,(H,13,16)(H,14,17)/t10-,11+/m1/s1. The lowest BCUT2D eigenvalue weighted by Gasteiger charge is -2.33. The lowest BCUT2D eigenvalue weighted by Crippen LogP contribution is -2.53. The van der Waals surface area contributed by atoms with Gasteiger partial charge in [0.15, 0.2) is 9.84 Å². The second kappa shape index (κ2) is 5.99. The number of urea groups is 1. The zero-order valence-electron chi connectivity index (χ0n) is 11.6. The molecule has 2 aliphatic heterocycles. The number of carbonyl (C=O) groups excluding carboxylic acids is 2. The molecular weight excluding hydrogens is 282 g/mol. The maximum absolute atomic E-state index is 12.1. The van der Waals surface area contributed by atoms with Gasteiger partial charge in [0.25, 0.3) is 0 Å². The van der Waals surface area contributed by atoms with E-state index in [1.807, 2.05) is 0 Å². The van der Waals surface area contributed by atoms with Crippen LogP contribution in [0.5, 0.6) is 0 Å². The van der Waals surface area contributed by atoms with Crippen molar-refractivity contribution in [3.05, 3.63) is 0 Å². The predicted octanol–water partition coefficient (Wildman–Crippen LogP) is -0.516. The predicted molar refractivity (Wildman–Crippen MR) is 74.0 cm³/mol. The molecule has 3 amide bonds. The van der Waals surface area contributed by atoms with E-state index in [-0.39, 0.29) is 35.5 Å². The Balaban J connectivity index is 1.84. The van der Waals surface area contributed by atoms with Crippen molar-refractivity contribution in [2.75, 3.05) is 24.6 Å². The van der Waals surface area contributed by atoms with Crippen LogP contribution in [0.2, 0.25) is 0 Å². The zero-order valence-corrected chi connectivity index (χ0v) is 12.4. The average molecular weight is 303 g/mol. The first-order chi connectivity index (χ1) is 9.35. The summed E-state index contributed by atoms with van der Waals surface area (Å²) < 4.78 is 22.7. The van der Waals surface area contributed by atoms with Crippen LogP contribution in [0.25, 0.3) is 0 Å². The largest absolute Gasteiger partial charge is 0.352 e. The number of amides is 3. The molecule has 2 rings (SSSR count). The quantitative estimate of drug-likeness (QED) is 0.718. The summed E-state index contributed by atoms with van der Waals surface area (Å²) in [4.78, 5) is 24.8. The molecule has 2 heterocycles. The first-order valence-electron chi connectivity index (χ1n) is 6.89. The van der Waals surface area contributed by atoms with Gasteiger partial charge < -0.3 is 15.5 Å². The highest BCUT2D eigenvalue weighted by Crippen LogP contribution is 2.14. The Bertz CT molecular complexity index is 491. The average Bonchev–Trinajstić information content (AvgIpc) is 2.68. The van der Waals surface area contributed by atoms with E-state index in [0.29, 0.717) is 19.5 Å². The van der Waals surface area contributed by atoms with Gasteiger partial charge in [-0.2, -0.15) is 0 Å². The van der Waals surface area contributed by atoms with Crippen LogP contribution in [-0.2, 0) is 14.6 Å². The normalized spacial score (nSPS) is 28.9. The van der Waals surface area contributed by atoms with E-state index in [0.717, 1.165) is 12.8 Å². The minimum atomic E-state index is -2.99. The maximum atomic E-state index is 12.1. The number of sulfone groups is 1. The van der Waals surface area contributed by atoms with Crippen LogP contribution in [0.1, 0.15) is 26.2 Å². The first-order valence-corrected chi connectivity index (χ1v) is 8.71. The molecule has 0 aromatic rings. The van der Waals surface area contributed by atoms with Gasteiger partial charge in [0.1, 0.15) is 0 Å². The lowest BCUT2D eigenvalue weighted by molar-refractivity contribution is -0.119. The van der Waals surface area contributed by atoms with Gasteiger partial charge in [0.2, 0.25) is 5.91 Å². The van der Waals surface area contributed by atoms with Gasteiger partial charge in [-0.1, -0.05) is 0 Å². The molecule has 20 heavy (non-hydrogen) atoms. The SMILES string of the molecule is CC(=O)N[C@@H]1CCCN(C(=O)N[C@H]2CCS(=O)(=O)C2)C1. The second-order valence-corrected chi connectivity index (χ2v) is 7.76. The van der Waals surface area contributed by atoms with E-state index in [1.54, 1.807) is 4.90 Å². The summed E-state index contributed by atoms with van der Waals surface area (Å²) in [7, 11) is -2.99. The molecule has 0 bridgehead atoms. The Morgan fingerprint density at radius 3 is 2.50 bits per heavy atom. The molecule has 2 aliphatic rings. The first kappa shape index (κ1) is 15.1. The van der Waals surface area contributed by atoms with Crippen molar-refractivity contribution in [3.63, 3.8) is 0 Å². The highest BCUT2D eigenvalue weighted by molar-refractivity contribution is 7.91. The van der Waals surface area contributed by atoms with Crippen molar-refractivity contribution >= 4 is 21.8 Å². The van der Waals surface area contributed by atoms with Crippen LogP contribution in [-0.4, -0.2) is 61.9 Å². The molecule has 0 aromatic heterocycles. The summed E-state index contributed by atoms with van der Waals surface area (Å²) in [5.74, 6) is 0.0768. The van der Waals surface area contributed by atoms with Crippen molar-refractivity contribution in [1.82, 2.24) is 15.5 Å². The van der Waals surface area contributed by atoms with E-state index < -0.39 is 9.84 Å². The maximum Gasteiger partial charge on any atom is 0.317 e. The van der Waals surface area contributed by atoms with Crippen molar-refractivity contribution in [2.24, 2.45) is 0 Å². The molecule has 0 aliphatic carbocycles. The van der Waals surface area contributed by atoms with Gasteiger partial charge in [-0.05, 0) is 19.3 Å². The molecule has 0 radical (unpaired) electrons. The molecular formula is C12H21N3O4S. The van der Waals surface area contributed by atoms with Crippen LogP contribution in [0.15, 0.2) is 0 Å². The number of hydrogen-bond acceptors (Lipinski definition) is 4. The van der Waals surface area contributed by atoms with Crippen molar-refractivity contribution in [2.45, 2.75) is 38.3 Å². The molecule has 0 unspecified atom stereocenters. The fraction of sp³-hybridized carbons (Fsp3) is 0.833. The molecule has 2 saturated heterocycles. The van der Waals surface area contributed by atoms with Crippen LogP contribution < -0.4 is 10.6 Å². The van der Waals surface area contributed by atoms with E-state index in [9.17, 15) is 18.0 Å². The van der Waals surface area contributed by atoms with Gasteiger partial charge in [0.05, 0.1) is 11.5 Å². The van der Waals surface area contributed by atoms with Crippen LogP contribution in [0.3, 0.4) is 0 Å². The fourth-order valence-corrected chi connectivity index (χ4v) is 4.41. The lowest BCUT2D eigenvalue weighted by atomic mass is 10.1. The fourth-order valence-electron chi connectivity index (χ4n) is 2.74. The van der Waals surface area contributed by atoms with Crippen molar-refractivity contribution in [3.8, 4) is 0 Å². The van der Waals surface area contributed by atoms with Crippen LogP contribution >= 0.6 is 0 Å². The zero-order chi connectivity index (χ0) is 14.8. The Hall–Kier alpha value is -1.31. The Morgan fingerprint density at radius 2 is 1.90 bits per heavy atom. The van der Waals surface area contributed by atoms with Gasteiger partial charge in [-0.15, -0.1) is 0 Å². The number of nitrogens with zero attached hydrogens (tertiary/aromatic N) is 1. The minimum absolute atomic E-state index is 0.0145. The smallest absolute Gasteiger partial charge is 0.317 e. The summed E-state index contributed by atoms with van der Waals surface area (Å²) >= 11 is 0. The summed E-state index contributed by atoms with van der Waals surface area (Å²) in [6.45, 7) is 2.58. The topological polar surface area (TPSA) is 95.6 Å². The molecule has 0 saturated carbocycles. The van der Waals surface area contributed by atoms with Crippen LogP contribution in [0, 0.1) is 0 Å².